The molecule has 0 saturated heterocycles. The predicted octanol–water partition coefficient (Wildman–Crippen LogP) is 0.813. The fraction of sp³-hybridized carbons (Fsp3) is 0.438. The molecule has 0 unspecified atom stereocenters. The highest BCUT2D eigenvalue weighted by atomic mass is 32.2. The Hall–Kier alpha value is -2.30. The van der Waals surface area contributed by atoms with Crippen LogP contribution < -0.4 is 0 Å². The third-order valence-corrected chi connectivity index (χ3v) is 6.61. The first-order valence-electron chi connectivity index (χ1n) is 8.45. The van der Waals surface area contributed by atoms with Crippen molar-refractivity contribution < 1.29 is 13.5 Å². The van der Waals surface area contributed by atoms with E-state index in [-0.39, 0.29) is 11.4 Å². The Kier molecular flexibility index (Phi) is 4.05. The van der Waals surface area contributed by atoms with Crippen LogP contribution in [0.5, 0.6) is 0 Å². The Bertz CT molecular complexity index is 1070. The van der Waals surface area contributed by atoms with Gasteiger partial charge in [-0.05, 0) is 24.6 Å². The first-order valence-corrected chi connectivity index (χ1v) is 9.89. The molecule has 0 saturated carbocycles. The van der Waals surface area contributed by atoms with Gasteiger partial charge in [0.2, 0.25) is 10.0 Å². The molecule has 0 fully saturated rings. The second kappa shape index (κ2) is 6.15. The summed E-state index contributed by atoms with van der Waals surface area (Å²) in [5.41, 5.74) is 2.39. The van der Waals surface area contributed by atoms with E-state index < -0.39 is 16.1 Å². The number of nitrogens with zero attached hydrogens (tertiary/aromatic N) is 6. The number of aryl methyl sites for hydroxylation is 1. The van der Waals surface area contributed by atoms with E-state index in [1.165, 1.54) is 4.31 Å². The summed E-state index contributed by atoms with van der Waals surface area (Å²) in [6, 6.07) is 6.82. The number of sulfonamides is 1. The molecule has 0 bridgehead atoms. The van der Waals surface area contributed by atoms with Crippen LogP contribution in [0.2, 0.25) is 0 Å². The van der Waals surface area contributed by atoms with Crippen molar-refractivity contribution in [3.8, 4) is 0 Å². The zero-order valence-electron chi connectivity index (χ0n) is 14.6. The summed E-state index contributed by atoms with van der Waals surface area (Å²) in [5, 5.41) is 22.3. The van der Waals surface area contributed by atoms with Gasteiger partial charge in [-0.1, -0.05) is 18.2 Å². The maximum atomic E-state index is 13.2. The Balaban J connectivity index is 1.70. The zero-order valence-corrected chi connectivity index (χ0v) is 15.4. The van der Waals surface area contributed by atoms with Crippen LogP contribution in [0.4, 0.5) is 0 Å². The van der Waals surface area contributed by atoms with Crippen molar-refractivity contribution in [2.24, 2.45) is 7.05 Å². The minimum absolute atomic E-state index is 0.157. The summed E-state index contributed by atoms with van der Waals surface area (Å²) >= 11 is 0. The fourth-order valence-electron chi connectivity index (χ4n) is 3.22. The molecule has 10 heteroatoms. The summed E-state index contributed by atoms with van der Waals surface area (Å²) in [7, 11) is -1.99. The van der Waals surface area contributed by atoms with Crippen LogP contribution in [-0.2, 0) is 30.2 Å². The average Bonchev–Trinajstić information content (AvgIpc) is 3.24. The first-order chi connectivity index (χ1) is 12.4. The van der Waals surface area contributed by atoms with Gasteiger partial charge in [-0.25, -0.2) is 13.1 Å². The fourth-order valence-corrected chi connectivity index (χ4v) is 4.76. The number of fused-ring (bicyclic) bond motifs is 2. The topological polar surface area (TPSA) is 106 Å². The minimum atomic E-state index is -3.72. The molecule has 138 valence electrons. The monoisotopic (exact) mass is 376 g/mol. The number of aromatic nitrogens is 5. The molecule has 26 heavy (non-hydrogen) atoms. The van der Waals surface area contributed by atoms with Crippen molar-refractivity contribution >= 4 is 21.1 Å². The summed E-state index contributed by atoms with van der Waals surface area (Å²) < 4.78 is 31.1. The first kappa shape index (κ1) is 17.1. The Morgan fingerprint density at radius 1 is 1.31 bits per heavy atom. The minimum Gasteiger partial charge on any atom is -0.387 e. The van der Waals surface area contributed by atoms with E-state index in [0.717, 1.165) is 5.69 Å². The number of aliphatic hydroxyl groups is 1. The Morgan fingerprint density at radius 2 is 2.12 bits per heavy atom. The van der Waals surface area contributed by atoms with Crippen molar-refractivity contribution in [2.45, 2.75) is 37.4 Å². The molecule has 0 spiro atoms. The molecule has 1 aromatic carbocycles. The Morgan fingerprint density at radius 3 is 2.88 bits per heavy atom. The van der Waals surface area contributed by atoms with E-state index in [4.69, 9.17) is 0 Å². The lowest BCUT2D eigenvalue weighted by Crippen LogP contribution is -2.38. The normalized spacial score (nSPS) is 16.7. The zero-order chi connectivity index (χ0) is 18.5. The highest BCUT2D eigenvalue weighted by Gasteiger charge is 2.32. The molecular formula is C16H20N6O3S. The van der Waals surface area contributed by atoms with Gasteiger partial charge in [-0.15, -0.1) is 5.10 Å². The van der Waals surface area contributed by atoms with Crippen molar-refractivity contribution in [3.05, 3.63) is 35.7 Å². The van der Waals surface area contributed by atoms with Gasteiger partial charge in [-0.3, -0.25) is 4.68 Å². The van der Waals surface area contributed by atoms with Crippen molar-refractivity contribution in [2.75, 3.05) is 6.54 Å². The van der Waals surface area contributed by atoms with Crippen LogP contribution >= 0.6 is 0 Å². The molecule has 0 amide bonds. The van der Waals surface area contributed by atoms with E-state index in [9.17, 15) is 13.5 Å². The lowest BCUT2D eigenvalue weighted by atomic mass is 10.2. The van der Waals surface area contributed by atoms with E-state index in [1.807, 2.05) is 6.92 Å². The van der Waals surface area contributed by atoms with Gasteiger partial charge in [-0.2, -0.15) is 9.40 Å². The van der Waals surface area contributed by atoms with Crippen LogP contribution in [0.1, 0.15) is 30.8 Å². The van der Waals surface area contributed by atoms with Gasteiger partial charge in [0, 0.05) is 13.6 Å². The molecule has 1 N–H and O–H groups in total. The van der Waals surface area contributed by atoms with Gasteiger partial charge in [0.15, 0.2) is 0 Å². The van der Waals surface area contributed by atoms with Crippen LogP contribution in [0.3, 0.4) is 0 Å². The quantitative estimate of drug-likeness (QED) is 0.722. The molecule has 1 aliphatic heterocycles. The van der Waals surface area contributed by atoms with Crippen LogP contribution in [-0.4, -0.2) is 49.1 Å². The SMILES string of the molecule is CC[C@@H](O)c1cc2n(n1)CCN(S(=O)(=O)c1cccc3c1nnn3C)C2. The molecule has 0 radical (unpaired) electrons. The summed E-state index contributed by atoms with van der Waals surface area (Å²) in [5.74, 6) is 0. The standard InChI is InChI=1S/C16H20N6O3S/c1-3-14(23)12-9-11-10-21(7-8-22(11)18-12)26(24,25)15-6-4-5-13-16(15)17-19-20(13)2/h4-6,9,14,23H,3,7-8,10H2,1-2H3/t14-/m1/s1. The maximum absolute atomic E-state index is 13.2. The maximum Gasteiger partial charge on any atom is 0.245 e. The number of rotatable bonds is 4. The number of hydrogen-bond donors (Lipinski definition) is 1. The van der Waals surface area contributed by atoms with E-state index in [1.54, 1.807) is 40.7 Å². The highest BCUT2D eigenvalue weighted by Crippen LogP contribution is 2.27. The van der Waals surface area contributed by atoms with Gasteiger partial charge in [0.25, 0.3) is 0 Å². The third kappa shape index (κ3) is 2.61. The van der Waals surface area contributed by atoms with Crippen LogP contribution in [0.15, 0.2) is 29.2 Å². The van der Waals surface area contributed by atoms with Gasteiger partial charge in [0.05, 0.1) is 36.1 Å². The molecule has 4 rings (SSSR count). The average molecular weight is 376 g/mol. The number of aliphatic hydroxyl groups excluding tert-OH is 1. The summed E-state index contributed by atoms with van der Waals surface area (Å²) in [6.45, 7) is 2.85. The highest BCUT2D eigenvalue weighted by molar-refractivity contribution is 7.89. The van der Waals surface area contributed by atoms with E-state index in [2.05, 4.69) is 15.4 Å². The third-order valence-electron chi connectivity index (χ3n) is 4.73. The van der Waals surface area contributed by atoms with E-state index in [0.29, 0.717) is 36.2 Å². The largest absolute Gasteiger partial charge is 0.387 e. The van der Waals surface area contributed by atoms with Crippen molar-refractivity contribution in [1.82, 2.24) is 29.1 Å². The Labute approximate surface area is 150 Å². The van der Waals surface area contributed by atoms with Gasteiger partial charge < -0.3 is 5.11 Å². The summed E-state index contributed by atoms with van der Waals surface area (Å²) in [4.78, 5) is 0.157. The van der Waals surface area contributed by atoms with Crippen molar-refractivity contribution in [3.63, 3.8) is 0 Å². The molecule has 3 heterocycles. The smallest absolute Gasteiger partial charge is 0.245 e. The van der Waals surface area contributed by atoms with Gasteiger partial charge >= 0.3 is 0 Å². The second-order valence-corrected chi connectivity index (χ2v) is 8.29. The van der Waals surface area contributed by atoms with Crippen molar-refractivity contribution in [1.29, 1.82) is 0 Å². The number of benzene rings is 1. The molecule has 1 aliphatic rings. The molecule has 9 nitrogen and oxygen atoms in total. The lowest BCUT2D eigenvalue weighted by Gasteiger charge is -2.26. The summed E-state index contributed by atoms with van der Waals surface area (Å²) in [6.07, 6.45) is -0.0702. The molecule has 1 atom stereocenters. The molecule has 3 aromatic rings. The molecule has 0 aliphatic carbocycles. The van der Waals surface area contributed by atoms with Crippen LogP contribution in [0.25, 0.3) is 11.0 Å². The number of hydrogen-bond acceptors (Lipinski definition) is 6. The predicted molar refractivity (Wildman–Crippen MR) is 93.6 cm³/mol. The molecular weight excluding hydrogens is 356 g/mol. The van der Waals surface area contributed by atoms with Crippen LogP contribution in [0, 0.1) is 0 Å². The molecule has 2 aromatic heterocycles. The second-order valence-electron chi connectivity index (χ2n) is 6.38. The lowest BCUT2D eigenvalue weighted by molar-refractivity contribution is 0.167. The van der Waals surface area contributed by atoms with Gasteiger partial charge in [0.1, 0.15) is 10.4 Å². The van der Waals surface area contributed by atoms with E-state index >= 15 is 0 Å².